The van der Waals surface area contributed by atoms with Crippen molar-refractivity contribution >= 4 is 40.9 Å². The van der Waals surface area contributed by atoms with Crippen molar-refractivity contribution in [2.75, 3.05) is 12.4 Å². The van der Waals surface area contributed by atoms with Crippen molar-refractivity contribution in [3.63, 3.8) is 0 Å². The Kier molecular flexibility index (Phi) is 6.89. The second-order valence-corrected chi connectivity index (χ2v) is 7.75. The summed E-state index contributed by atoms with van der Waals surface area (Å²) >= 11 is 12.3. The number of hydrogen-bond acceptors (Lipinski definition) is 5. The summed E-state index contributed by atoms with van der Waals surface area (Å²) in [5.74, 6) is 2.21. The maximum atomic E-state index is 12.4. The number of furan rings is 2. The number of methoxy groups -OCH3 is 1. The lowest BCUT2D eigenvalue weighted by Gasteiger charge is -2.09. The average molecular weight is 484 g/mol. The van der Waals surface area contributed by atoms with E-state index in [2.05, 4.69) is 5.32 Å². The van der Waals surface area contributed by atoms with Crippen LogP contribution in [0.1, 0.15) is 11.5 Å². The molecule has 0 aliphatic carbocycles. The number of rotatable bonds is 7. The summed E-state index contributed by atoms with van der Waals surface area (Å²) in [6, 6.07) is 17.4. The number of carbonyl (C=O) groups excluding carboxylic acids is 1. The first-order valence-electron chi connectivity index (χ1n) is 9.89. The summed E-state index contributed by atoms with van der Waals surface area (Å²) in [7, 11) is 1.55. The molecule has 33 heavy (non-hydrogen) atoms. The Balaban J connectivity index is 1.48. The lowest BCUT2D eigenvalue weighted by molar-refractivity contribution is -0.111. The van der Waals surface area contributed by atoms with E-state index in [0.29, 0.717) is 55.7 Å². The minimum atomic E-state index is -0.347. The Morgan fingerprint density at radius 3 is 2.58 bits per heavy atom. The molecule has 0 unspecified atom stereocenters. The Hall–Kier alpha value is -3.45. The van der Waals surface area contributed by atoms with E-state index < -0.39 is 0 Å². The molecule has 0 fully saturated rings. The van der Waals surface area contributed by atoms with Gasteiger partial charge in [-0.25, -0.2) is 0 Å². The molecule has 4 rings (SSSR count). The van der Waals surface area contributed by atoms with Crippen molar-refractivity contribution in [2.45, 2.75) is 6.61 Å². The number of hydrogen-bond donors (Lipinski definition) is 2. The van der Waals surface area contributed by atoms with Gasteiger partial charge in [-0.2, -0.15) is 0 Å². The number of anilines is 1. The van der Waals surface area contributed by atoms with Gasteiger partial charge in [0.15, 0.2) is 0 Å². The summed E-state index contributed by atoms with van der Waals surface area (Å²) in [4.78, 5) is 12.4. The van der Waals surface area contributed by atoms with E-state index in [0.717, 1.165) is 0 Å². The zero-order valence-electron chi connectivity index (χ0n) is 17.5. The fourth-order valence-electron chi connectivity index (χ4n) is 3.21. The number of aliphatic hydroxyl groups is 1. The molecule has 0 radical (unpaired) electrons. The molecule has 2 aromatic heterocycles. The van der Waals surface area contributed by atoms with Gasteiger partial charge in [-0.05, 0) is 60.7 Å². The Bertz CT molecular complexity index is 1320. The van der Waals surface area contributed by atoms with Gasteiger partial charge < -0.3 is 24.0 Å². The summed E-state index contributed by atoms with van der Waals surface area (Å²) < 4.78 is 16.7. The van der Waals surface area contributed by atoms with Gasteiger partial charge in [-0.15, -0.1) is 0 Å². The Labute approximate surface area is 200 Å². The van der Waals surface area contributed by atoms with Gasteiger partial charge in [0.05, 0.1) is 22.7 Å². The number of nitrogens with one attached hydrogen (secondary N) is 1. The monoisotopic (exact) mass is 483 g/mol. The minimum absolute atomic E-state index is 0.207. The topological polar surface area (TPSA) is 84.8 Å². The number of ether oxygens (including phenoxy) is 1. The number of benzene rings is 2. The lowest BCUT2D eigenvalue weighted by atomic mass is 10.1. The van der Waals surface area contributed by atoms with Crippen LogP contribution in [-0.2, 0) is 11.4 Å². The quantitative estimate of drug-likeness (QED) is 0.287. The van der Waals surface area contributed by atoms with Gasteiger partial charge in [0, 0.05) is 17.3 Å². The van der Waals surface area contributed by atoms with Gasteiger partial charge in [-0.3, -0.25) is 4.79 Å². The molecule has 2 heterocycles. The third kappa shape index (κ3) is 5.14. The molecule has 4 aromatic rings. The van der Waals surface area contributed by atoms with Crippen molar-refractivity contribution < 1.29 is 23.5 Å². The van der Waals surface area contributed by atoms with Gasteiger partial charge >= 0.3 is 0 Å². The van der Waals surface area contributed by atoms with Crippen LogP contribution >= 0.6 is 23.2 Å². The van der Waals surface area contributed by atoms with Gasteiger partial charge in [0.2, 0.25) is 5.91 Å². The molecule has 0 aliphatic rings. The number of amides is 1. The standard InChI is InChI=1S/C25H19Cl2NO5/c1-31-21-9-5-15(13-19(21)23-11-7-17(14-29)33-23)28-24(30)12-8-16-6-10-22(32-16)18-3-2-4-20(26)25(18)27/h2-13,29H,14H2,1H3,(H,28,30)/b12-8+. The van der Waals surface area contributed by atoms with Crippen LogP contribution in [-0.4, -0.2) is 18.1 Å². The highest BCUT2D eigenvalue weighted by molar-refractivity contribution is 6.43. The fraction of sp³-hybridized carbons (Fsp3) is 0.0800. The molecule has 1 amide bonds. The maximum Gasteiger partial charge on any atom is 0.248 e. The van der Waals surface area contributed by atoms with Crippen LogP contribution in [0, 0.1) is 0 Å². The highest BCUT2D eigenvalue weighted by Gasteiger charge is 2.13. The minimum Gasteiger partial charge on any atom is -0.496 e. The molecule has 0 spiro atoms. The molecule has 0 bridgehead atoms. The highest BCUT2D eigenvalue weighted by atomic mass is 35.5. The second kappa shape index (κ2) is 10.0. The molecule has 0 saturated heterocycles. The van der Waals surface area contributed by atoms with Crippen molar-refractivity contribution in [3.05, 3.63) is 88.3 Å². The van der Waals surface area contributed by atoms with Crippen LogP contribution in [0.5, 0.6) is 5.75 Å². The summed E-state index contributed by atoms with van der Waals surface area (Å²) in [6.45, 7) is -0.207. The number of carbonyl (C=O) groups is 1. The molecule has 0 atom stereocenters. The zero-order valence-corrected chi connectivity index (χ0v) is 19.0. The lowest BCUT2D eigenvalue weighted by Crippen LogP contribution is -2.07. The predicted molar refractivity (Wildman–Crippen MR) is 128 cm³/mol. The van der Waals surface area contributed by atoms with Gasteiger partial charge in [0.1, 0.15) is 35.4 Å². The normalized spacial score (nSPS) is 11.2. The van der Waals surface area contributed by atoms with E-state index in [1.165, 1.54) is 6.08 Å². The van der Waals surface area contributed by atoms with Crippen molar-refractivity contribution in [2.24, 2.45) is 0 Å². The number of aliphatic hydroxyl groups excluding tert-OH is 1. The van der Waals surface area contributed by atoms with Crippen molar-refractivity contribution in [1.82, 2.24) is 0 Å². The van der Waals surface area contributed by atoms with Crippen molar-refractivity contribution in [1.29, 1.82) is 0 Å². The van der Waals surface area contributed by atoms with Crippen LogP contribution in [0.3, 0.4) is 0 Å². The Morgan fingerprint density at radius 2 is 1.82 bits per heavy atom. The van der Waals surface area contributed by atoms with E-state index in [4.69, 9.17) is 36.8 Å². The first-order chi connectivity index (χ1) is 16.0. The molecule has 2 N–H and O–H groups in total. The van der Waals surface area contributed by atoms with Gasteiger partial charge in [-0.1, -0.05) is 29.3 Å². The van der Waals surface area contributed by atoms with E-state index in [1.54, 1.807) is 73.8 Å². The molecular formula is C25H19Cl2NO5. The van der Waals surface area contributed by atoms with Crippen LogP contribution in [0.4, 0.5) is 5.69 Å². The third-order valence-corrected chi connectivity index (χ3v) is 5.61. The average Bonchev–Trinajstić information content (AvgIpc) is 3.49. The van der Waals surface area contributed by atoms with E-state index >= 15 is 0 Å². The molecule has 6 nitrogen and oxygen atoms in total. The number of halogens is 2. The van der Waals surface area contributed by atoms with E-state index in [9.17, 15) is 9.90 Å². The highest BCUT2D eigenvalue weighted by Crippen LogP contribution is 2.35. The van der Waals surface area contributed by atoms with Crippen LogP contribution in [0.25, 0.3) is 28.7 Å². The fourth-order valence-corrected chi connectivity index (χ4v) is 3.60. The largest absolute Gasteiger partial charge is 0.496 e. The van der Waals surface area contributed by atoms with Crippen molar-refractivity contribution in [3.8, 4) is 28.4 Å². The molecule has 168 valence electrons. The molecule has 8 heteroatoms. The molecular weight excluding hydrogens is 465 g/mol. The van der Waals surface area contributed by atoms with Crippen LogP contribution in [0.2, 0.25) is 10.0 Å². The maximum absolute atomic E-state index is 12.4. The summed E-state index contributed by atoms with van der Waals surface area (Å²) in [6.07, 6.45) is 2.92. The van der Waals surface area contributed by atoms with E-state index in [1.807, 2.05) is 0 Å². The smallest absolute Gasteiger partial charge is 0.248 e. The second-order valence-electron chi connectivity index (χ2n) is 6.97. The Morgan fingerprint density at radius 1 is 1.03 bits per heavy atom. The summed E-state index contributed by atoms with van der Waals surface area (Å²) in [5.41, 5.74) is 1.86. The van der Waals surface area contributed by atoms with E-state index in [-0.39, 0.29) is 12.5 Å². The predicted octanol–water partition coefficient (Wildman–Crippen LogP) is 6.67. The SMILES string of the molecule is COc1ccc(NC(=O)/C=C/c2ccc(-c3cccc(Cl)c3Cl)o2)cc1-c1ccc(CO)o1. The van der Waals surface area contributed by atoms with Crippen LogP contribution in [0.15, 0.2) is 75.6 Å². The third-order valence-electron chi connectivity index (χ3n) is 4.79. The first-order valence-corrected chi connectivity index (χ1v) is 10.7. The van der Waals surface area contributed by atoms with Gasteiger partial charge in [0.25, 0.3) is 0 Å². The van der Waals surface area contributed by atoms with Crippen LogP contribution < -0.4 is 10.1 Å². The zero-order chi connectivity index (χ0) is 23.4. The molecule has 2 aromatic carbocycles. The summed E-state index contributed by atoms with van der Waals surface area (Å²) in [5, 5.41) is 12.9. The molecule has 0 saturated carbocycles. The molecule has 0 aliphatic heterocycles. The first kappa shape index (κ1) is 22.7.